The van der Waals surface area contributed by atoms with Crippen LogP contribution < -0.4 is 5.32 Å². The molecular weight excluding hydrogens is 267 g/mol. The van der Waals surface area contributed by atoms with Gasteiger partial charge in [0.05, 0.1) is 24.8 Å². The van der Waals surface area contributed by atoms with Crippen molar-refractivity contribution in [1.29, 1.82) is 0 Å². The molecule has 2 rings (SSSR count). The molecule has 7 heteroatoms. The Kier molecular flexibility index (Phi) is 7.06. The number of hydrogen-bond donors (Lipinski definition) is 2. The molecule has 0 aromatic carbocycles. The third-order valence-electron chi connectivity index (χ3n) is 2.33. The lowest BCUT2D eigenvalue weighted by Crippen LogP contribution is -2.34. The van der Waals surface area contributed by atoms with E-state index in [-0.39, 0.29) is 36.4 Å². The van der Waals surface area contributed by atoms with E-state index in [1.807, 2.05) is 0 Å². The number of carboxylic acids is 1. The van der Waals surface area contributed by atoms with Gasteiger partial charge in [0.1, 0.15) is 0 Å². The summed E-state index contributed by atoms with van der Waals surface area (Å²) < 4.78 is 5.30. The smallest absolute Gasteiger partial charge is 0.337 e. The summed E-state index contributed by atoms with van der Waals surface area (Å²) in [6.07, 6.45) is 3.01. The summed E-state index contributed by atoms with van der Waals surface area (Å²) in [5, 5.41) is 12.1. The van der Waals surface area contributed by atoms with Gasteiger partial charge < -0.3 is 15.2 Å². The highest BCUT2D eigenvalue weighted by Crippen LogP contribution is 2.15. The molecule has 1 aromatic heterocycles. The number of rotatable bonds is 2. The summed E-state index contributed by atoms with van der Waals surface area (Å²) >= 11 is 0. The van der Waals surface area contributed by atoms with Crippen molar-refractivity contribution in [3.63, 3.8) is 0 Å². The number of nitrogens with zero attached hydrogens (tertiary/aromatic N) is 1. The molecule has 96 valence electrons. The summed E-state index contributed by atoms with van der Waals surface area (Å²) in [5.41, 5.74) is 1.06. The Morgan fingerprint density at radius 2 is 2.24 bits per heavy atom. The van der Waals surface area contributed by atoms with Crippen LogP contribution in [-0.4, -0.2) is 35.8 Å². The normalized spacial score (nSPS) is 18.7. The first-order chi connectivity index (χ1) is 7.27. The fourth-order valence-corrected chi connectivity index (χ4v) is 1.54. The van der Waals surface area contributed by atoms with Gasteiger partial charge >= 0.3 is 5.97 Å². The number of nitrogens with one attached hydrogen (secondary N) is 1. The molecule has 0 aliphatic carbocycles. The van der Waals surface area contributed by atoms with Crippen LogP contribution in [0, 0.1) is 0 Å². The number of halogens is 2. The lowest BCUT2D eigenvalue weighted by Gasteiger charge is -2.23. The SMILES string of the molecule is Cl.Cl.O=C(O)c1cncc(C2COCCN2)c1. The summed E-state index contributed by atoms with van der Waals surface area (Å²) in [6.45, 7) is 2.04. The Balaban J connectivity index is 0.00000128. The average Bonchev–Trinajstić information content (AvgIpc) is 2.30. The van der Waals surface area contributed by atoms with Gasteiger partial charge in [0.25, 0.3) is 0 Å². The van der Waals surface area contributed by atoms with Gasteiger partial charge in [-0.1, -0.05) is 0 Å². The molecule has 1 atom stereocenters. The molecule has 0 spiro atoms. The monoisotopic (exact) mass is 280 g/mol. The van der Waals surface area contributed by atoms with E-state index in [1.54, 1.807) is 12.3 Å². The van der Waals surface area contributed by atoms with Gasteiger partial charge in [-0.15, -0.1) is 24.8 Å². The van der Waals surface area contributed by atoms with Crippen molar-refractivity contribution in [2.45, 2.75) is 6.04 Å². The van der Waals surface area contributed by atoms with Gasteiger partial charge in [-0.05, 0) is 11.6 Å². The van der Waals surface area contributed by atoms with Crippen molar-refractivity contribution in [3.05, 3.63) is 29.6 Å². The summed E-state index contributed by atoms with van der Waals surface area (Å²) in [5.74, 6) is -0.957. The third-order valence-corrected chi connectivity index (χ3v) is 2.33. The van der Waals surface area contributed by atoms with Gasteiger partial charge in [0.2, 0.25) is 0 Å². The predicted octanol–water partition coefficient (Wildman–Crippen LogP) is 1.28. The molecule has 1 fully saturated rings. The summed E-state index contributed by atoms with van der Waals surface area (Å²) in [6, 6.07) is 1.67. The molecule has 1 saturated heterocycles. The third kappa shape index (κ3) is 4.12. The highest BCUT2D eigenvalue weighted by Gasteiger charge is 2.16. The molecule has 17 heavy (non-hydrogen) atoms. The zero-order chi connectivity index (χ0) is 10.7. The first-order valence-corrected chi connectivity index (χ1v) is 4.77. The molecule has 2 heterocycles. The first-order valence-electron chi connectivity index (χ1n) is 4.77. The van der Waals surface area contributed by atoms with Crippen LogP contribution in [0.25, 0.3) is 0 Å². The van der Waals surface area contributed by atoms with Crippen LogP contribution in [0.4, 0.5) is 0 Å². The lowest BCUT2D eigenvalue weighted by atomic mass is 10.1. The van der Waals surface area contributed by atoms with E-state index in [4.69, 9.17) is 9.84 Å². The zero-order valence-corrected chi connectivity index (χ0v) is 10.6. The maximum atomic E-state index is 10.7. The van der Waals surface area contributed by atoms with Gasteiger partial charge in [0, 0.05) is 18.9 Å². The van der Waals surface area contributed by atoms with Crippen LogP contribution in [0.3, 0.4) is 0 Å². The second-order valence-electron chi connectivity index (χ2n) is 3.39. The summed E-state index contributed by atoms with van der Waals surface area (Å²) in [4.78, 5) is 14.6. The van der Waals surface area contributed by atoms with Crippen LogP contribution in [0.5, 0.6) is 0 Å². The molecule has 0 bridgehead atoms. The number of carboxylic acid groups (broad SMARTS) is 1. The van der Waals surface area contributed by atoms with Crippen LogP contribution in [-0.2, 0) is 4.74 Å². The average molecular weight is 281 g/mol. The Morgan fingerprint density at radius 1 is 1.47 bits per heavy atom. The fourth-order valence-electron chi connectivity index (χ4n) is 1.54. The van der Waals surface area contributed by atoms with Crippen molar-refractivity contribution in [2.75, 3.05) is 19.8 Å². The lowest BCUT2D eigenvalue weighted by molar-refractivity contribution is 0.0692. The number of carbonyl (C=O) groups is 1. The van der Waals surface area contributed by atoms with Gasteiger partial charge in [-0.3, -0.25) is 4.98 Å². The van der Waals surface area contributed by atoms with Crippen LogP contribution in [0.1, 0.15) is 22.0 Å². The number of aromatic nitrogens is 1. The van der Waals surface area contributed by atoms with Crippen molar-refractivity contribution in [1.82, 2.24) is 10.3 Å². The van der Waals surface area contributed by atoms with E-state index in [2.05, 4.69) is 10.3 Å². The predicted molar refractivity (Wildman–Crippen MR) is 67.3 cm³/mol. The maximum absolute atomic E-state index is 10.7. The zero-order valence-electron chi connectivity index (χ0n) is 8.96. The standard InChI is InChI=1S/C10H12N2O3.2ClH/c13-10(14)8-3-7(4-11-5-8)9-6-15-2-1-12-9;;/h3-5,9,12H,1-2,6H2,(H,13,14);2*1H. The Morgan fingerprint density at radius 3 is 2.82 bits per heavy atom. The van der Waals surface area contributed by atoms with Crippen molar-refractivity contribution in [3.8, 4) is 0 Å². The minimum Gasteiger partial charge on any atom is -0.478 e. The Labute approximate surface area is 111 Å². The van der Waals surface area contributed by atoms with Crippen molar-refractivity contribution >= 4 is 30.8 Å². The largest absolute Gasteiger partial charge is 0.478 e. The Hall–Kier alpha value is -0.880. The highest BCUT2D eigenvalue weighted by atomic mass is 35.5. The number of morpholine rings is 1. The first kappa shape index (κ1) is 16.1. The van der Waals surface area contributed by atoms with Crippen molar-refractivity contribution in [2.24, 2.45) is 0 Å². The molecule has 0 saturated carbocycles. The van der Waals surface area contributed by atoms with E-state index in [0.717, 1.165) is 12.1 Å². The molecular formula is C10H14Cl2N2O3. The van der Waals surface area contributed by atoms with E-state index < -0.39 is 5.97 Å². The fraction of sp³-hybridized carbons (Fsp3) is 0.400. The van der Waals surface area contributed by atoms with E-state index in [0.29, 0.717) is 13.2 Å². The highest BCUT2D eigenvalue weighted by molar-refractivity contribution is 5.87. The molecule has 1 aromatic rings. The van der Waals surface area contributed by atoms with Gasteiger partial charge in [0.15, 0.2) is 0 Å². The quantitative estimate of drug-likeness (QED) is 0.854. The maximum Gasteiger partial charge on any atom is 0.337 e. The summed E-state index contributed by atoms with van der Waals surface area (Å²) in [7, 11) is 0. The molecule has 2 N–H and O–H groups in total. The van der Waals surface area contributed by atoms with E-state index >= 15 is 0 Å². The molecule has 0 amide bonds. The van der Waals surface area contributed by atoms with E-state index in [9.17, 15) is 4.79 Å². The molecule has 1 aliphatic rings. The second-order valence-corrected chi connectivity index (χ2v) is 3.39. The molecule has 1 aliphatic heterocycles. The van der Waals surface area contributed by atoms with Crippen LogP contribution in [0.15, 0.2) is 18.5 Å². The molecule has 1 unspecified atom stereocenters. The molecule has 0 radical (unpaired) electrons. The topological polar surface area (TPSA) is 71.5 Å². The van der Waals surface area contributed by atoms with Gasteiger partial charge in [-0.2, -0.15) is 0 Å². The Bertz CT molecular complexity index is 370. The minimum atomic E-state index is -0.957. The van der Waals surface area contributed by atoms with Crippen LogP contribution >= 0.6 is 24.8 Å². The van der Waals surface area contributed by atoms with Crippen LogP contribution in [0.2, 0.25) is 0 Å². The molecule has 5 nitrogen and oxygen atoms in total. The van der Waals surface area contributed by atoms with E-state index in [1.165, 1.54) is 6.20 Å². The minimum absolute atomic E-state index is 0. The number of ether oxygens (including phenoxy) is 1. The van der Waals surface area contributed by atoms with Gasteiger partial charge in [-0.25, -0.2) is 4.79 Å². The van der Waals surface area contributed by atoms with Crippen molar-refractivity contribution < 1.29 is 14.6 Å². The number of hydrogen-bond acceptors (Lipinski definition) is 4. The second kappa shape index (κ2) is 7.45. The number of aromatic carboxylic acids is 1. The number of pyridine rings is 1.